The first kappa shape index (κ1) is 11.4. The third-order valence-electron chi connectivity index (χ3n) is 2.65. The summed E-state index contributed by atoms with van der Waals surface area (Å²) in [5.41, 5.74) is 8.41. The molecule has 88 valence electrons. The molecule has 0 amide bonds. The average molecular weight is 229 g/mol. The van der Waals surface area contributed by atoms with E-state index in [-0.39, 0.29) is 5.56 Å². The van der Waals surface area contributed by atoms with E-state index < -0.39 is 0 Å². The Hall–Kier alpha value is -2.10. The topological polar surface area (TPSA) is 60.9 Å². The second kappa shape index (κ2) is 4.82. The number of hydrogen-bond donors (Lipinski definition) is 1. The maximum atomic E-state index is 11.5. The number of benzene rings is 1. The van der Waals surface area contributed by atoms with Crippen LogP contribution in [-0.4, -0.2) is 9.78 Å². The highest BCUT2D eigenvalue weighted by Gasteiger charge is 2.01. The van der Waals surface area contributed by atoms with Gasteiger partial charge in [-0.3, -0.25) is 4.79 Å². The molecular formula is C13H15N3O. The van der Waals surface area contributed by atoms with E-state index in [9.17, 15) is 4.79 Å². The van der Waals surface area contributed by atoms with Gasteiger partial charge in [0.2, 0.25) is 0 Å². The van der Waals surface area contributed by atoms with Crippen LogP contribution in [0.2, 0.25) is 0 Å². The van der Waals surface area contributed by atoms with Crippen LogP contribution in [0.4, 0.5) is 5.69 Å². The molecule has 1 heterocycles. The summed E-state index contributed by atoms with van der Waals surface area (Å²) in [6, 6.07) is 10.9. The lowest BCUT2D eigenvalue weighted by atomic mass is 10.1. The zero-order chi connectivity index (χ0) is 12.3. The van der Waals surface area contributed by atoms with Gasteiger partial charge in [0.05, 0.1) is 5.69 Å². The fourth-order valence-electron chi connectivity index (χ4n) is 1.70. The van der Waals surface area contributed by atoms with E-state index >= 15 is 0 Å². The van der Waals surface area contributed by atoms with E-state index in [1.165, 1.54) is 10.7 Å². The van der Waals surface area contributed by atoms with Gasteiger partial charge in [0.25, 0.3) is 5.56 Å². The molecule has 0 bridgehead atoms. The van der Waals surface area contributed by atoms with Crippen molar-refractivity contribution in [2.45, 2.75) is 19.9 Å². The quantitative estimate of drug-likeness (QED) is 0.809. The Balaban J connectivity index is 2.15. The van der Waals surface area contributed by atoms with Gasteiger partial charge in [-0.25, -0.2) is 4.68 Å². The third-order valence-corrected chi connectivity index (χ3v) is 2.65. The molecule has 17 heavy (non-hydrogen) atoms. The monoisotopic (exact) mass is 229 g/mol. The number of anilines is 1. The highest BCUT2D eigenvalue weighted by atomic mass is 16.1. The Bertz CT molecular complexity index is 575. The number of nitrogen functional groups attached to an aromatic ring is 1. The molecule has 1 aromatic carbocycles. The molecule has 0 unspecified atom stereocenters. The molecule has 4 nitrogen and oxygen atoms in total. The normalized spacial score (nSPS) is 10.4. The van der Waals surface area contributed by atoms with Crippen molar-refractivity contribution in [1.29, 1.82) is 0 Å². The highest BCUT2D eigenvalue weighted by molar-refractivity contribution is 5.46. The summed E-state index contributed by atoms with van der Waals surface area (Å²) in [5.74, 6) is 0. The molecule has 0 spiro atoms. The van der Waals surface area contributed by atoms with E-state index in [0.717, 1.165) is 16.9 Å². The van der Waals surface area contributed by atoms with E-state index in [0.29, 0.717) is 13.0 Å². The summed E-state index contributed by atoms with van der Waals surface area (Å²) in [6.07, 6.45) is 0.711. The Labute approximate surface area is 99.7 Å². The molecular weight excluding hydrogens is 214 g/mol. The van der Waals surface area contributed by atoms with Gasteiger partial charge >= 0.3 is 0 Å². The van der Waals surface area contributed by atoms with E-state index in [2.05, 4.69) is 5.10 Å². The van der Waals surface area contributed by atoms with Crippen molar-refractivity contribution in [2.24, 2.45) is 0 Å². The SMILES string of the molecule is Cc1ccc(=O)n(CCc2ccccc2N)n1. The van der Waals surface area contributed by atoms with Crippen LogP contribution in [0.5, 0.6) is 0 Å². The van der Waals surface area contributed by atoms with Gasteiger partial charge < -0.3 is 5.73 Å². The van der Waals surface area contributed by atoms with Crippen LogP contribution >= 0.6 is 0 Å². The molecule has 0 saturated heterocycles. The van der Waals surface area contributed by atoms with Crippen LogP contribution in [-0.2, 0) is 13.0 Å². The summed E-state index contributed by atoms with van der Waals surface area (Å²) < 4.78 is 1.47. The Morgan fingerprint density at radius 3 is 2.76 bits per heavy atom. The molecule has 0 saturated carbocycles. The molecule has 2 aromatic rings. The number of nitrogens with two attached hydrogens (primary N) is 1. The van der Waals surface area contributed by atoms with Crippen LogP contribution in [0.1, 0.15) is 11.3 Å². The maximum absolute atomic E-state index is 11.5. The van der Waals surface area contributed by atoms with Crippen LogP contribution in [0.25, 0.3) is 0 Å². The van der Waals surface area contributed by atoms with Crippen molar-refractivity contribution in [3.8, 4) is 0 Å². The van der Waals surface area contributed by atoms with Gasteiger partial charge in [0.15, 0.2) is 0 Å². The standard InChI is InChI=1S/C13H15N3O/c1-10-6-7-13(17)16(15-10)9-8-11-4-2-3-5-12(11)14/h2-7H,8-9,14H2,1H3. The lowest BCUT2D eigenvalue weighted by molar-refractivity contribution is 0.571. The van der Waals surface area contributed by atoms with Gasteiger partial charge in [-0.1, -0.05) is 18.2 Å². The summed E-state index contributed by atoms with van der Waals surface area (Å²) in [6.45, 7) is 2.42. The van der Waals surface area contributed by atoms with Crippen LogP contribution < -0.4 is 11.3 Å². The zero-order valence-corrected chi connectivity index (χ0v) is 9.76. The molecule has 0 aliphatic heterocycles. The zero-order valence-electron chi connectivity index (χ0n) is 9.76. The molecule has 1 aromatic heterocycles. The largest absolute Gasteiger partial charge is 0.399 e. The predicted octanol–water partition coefficient (Wildman–Crippen LogP) is 1.38. The van der Waals surface area contributed by atoms with Crippen LogP contribution in [0.3, 0.4) is 0 Å². The second-order valence-corrected chi connectivity index (χ2v) is 3.98. The first-order valence-corrected chi connectivity index (χ1v) is 5.55. The summed E-state index contributed by atoms with van der Waals surface area (Å²) in [5, 5.41) is 4.18. The van der Waals surface area contributed by atoms with Crippen LogP contribution in [0, 0.1) is 6.92 Å². The summed E-state index contributed by atoms with van der Waals surface area (Å²) in [4.78, 5) is 11.5. The van der Waals surface area contributed by atoms with Gasteiger partial charge in [-0.15, -0.1) is 0 Å². The number of nitrogens with zero attached hydrogens (tertiary/aromatic N) is 2. The van der Waals surface area contributed by atoms with E-state index in [1.54, 1.807) is 6.07 Å². The van der Waals surface area contributed by atoms with E-state index in [4.69, 9.17) is 5.73 Å². The Morgan fingerprint density at radius 2 is 2.00 bits per heavy atom. The van der Waals surface area contributed by atoms with Crippen molar-refractivity contribution in [3.05, 3.63) is 58.0 Å². The van der Waals surface area contributed by atoms with Gasteiger partial charge in [0, 0.05) is 18.3 Å². The minimum absolute atomic E-state index is 0.0786. The third kappa shape index (κ3) is 2.72. The Kier molecular flexibility index (Phi) is 3.23. The lowest BCUT2D eigenvalue weighted by Crippen LogP contribution is -2.23. The first-order chi connectivity index (χ1) is 8.16. The van der Waals surface area contributed by atoms with Gasteiger partial charge in [0.1, 0.15) is 0 Å². The summed E-state index contributed by atoms with van der Waals surface area (Å²) in [7, 11) is 0. The molecule has 0 fully saturated rings. The number of para-hydroxylation sites is 1. The number of hydrogen-bond acceptors (Lipinski definition) is 3. The van der Waals surface area contributed by atoms with Gasteiger partial charge in [-0.05, 0) is 31.0 Å². The highest BCUT2D eigenvalue weighted by Crippen LogP contribution is 2.11. The number of aryl methyl sites for hydroxylation is 3. The molecule has 0 aliphatic rings. The fraction of sp³-hybridized carbons (Fsp3) is 0.231. The molecule has 0 radical (unpaired) electrons. The smallest absolute Gasteiger partial charge is 0.266 e. The predicted molar refractivity (Wildman–Crippen MR) is 67.8 cm³/mol. The van der Waals surface area contributed by atoms with Crippen molar-refractivity contribution >= 4 is 5.69 Å². The minimum atomic E-state index is -0.0786. The van der Waals surface area contributed by atoms with Crippen molar-refractivity contribution in [1.82, 2.24) is 9.78 Å². The lowest BCUT2D eigenvalue weighted by Gasteiger charge is -2.07. The first-order valence-electron chi connectivity index (χ1n) is 5.55. The number of aromatic nitrogens is 2. The van der Waals surface area contributed by atoms with Crippen LogP contribution in [0.15, 0.2) is 41.2 Å². The molecule has 2 N–H and O–H groups in total. The Morgan fingerprint density at radius 1 is 1.24 bits per heavy atom. The van der Waals surface area contributed by atoms with Crippen molar-refractivity contribution in [3.63, 3.8) is 0 Å². The minimum Gasteiger partial charge on any atom is -0.399 e. The summed E-state index contributed by atoms with van der Waals surface area (Å²) >= 11 is 0. The number of rotatable bonds is 3. The maximum Gasteiger partial charge on any atom is 0.266 e. The van der Waals surface area contributed by atoms with Crippen molar-refractivity contribution in [2.75, 3.05) is 5.73 Å². The fourth-order valence-corrected chi connectivity index (χ4v) is 1.70. The van der Waals surface area contributed by atoms with E-state index in [1.807, 2.05) is 31.2 Å². The van der Waals surface area contributed by atoms with Gasteiger partial charge in [-0.2, -0.15) is 5.10 Å². The average Bonchev–Trinajstić information content (AvgIpc) is 2.32. The molecule has 0 aliphatic carbocycles. The van der Waals surface area contributed by atoms with Crippen molar-refractivity contribution < 1.29 is 0 Å². The molecule has 0 atom stereocenters. The molecule has 2 rings (SSSR count). The molecule has 4 heteroatoms. The second-order valence-electron chi connectivity index (χ2n) is 3.98.